The van der Waals surface area contributed by atoms with Crippen molar-refractivity contribution in [3.63, 3.8) is 0 Å². The van der Waals surface area contributed by atoms with Crippen molar-refractivity contribution in [2.45, 2.75) is 19.4 Å². The molecule has 0 unspecified atom stereocenters. The predicted molar refractivity (Wildman–Crippen MR) is 78.9 cm³/mol. The molecule has 110 valence electrons. The van der Waals surface area contributed by atoms with Gasteiger partial charge in [-0.25, -0.2) is 0 Å². The first-order valence-electron chi connectivity index (χ1n) is 7.28. The van der Waals surface area contributed by atoms with Crippen molar-refractivity contribution in [3.05, 3.63) is 42.2 Å². The third-order valence-corrected chi connectivity index (χ3v) is 3.57. The molecule has 6 heteroatoms. The summed E-state index contributed by atoms with van der Waals surface area (Å²) < 4.78 is 0. The van der Waals surface area contributed by atoms with Crippen LogP contribution in [0.1, 0.15) is 18.5 Å². The number of nitrogens with one attached hydrogen (secondary N) is 1. The number of benzene rings is 1. The Labute approximate surface area is 123 Å². The molecule has 0 spiro atoms. The maximum absolute atomic E-state index is 11.9. The molecule has 0 saturated carbocycles. The Morgan fingerprint density at radius 1 is 1.19 bits per heavy atom. The molecule has 1 fully saturated rings. The molecule has 2 aromatic rings. The summed E-state index contributed by atoms with van der Waals surface area (Å²) in [4.78, 5) is 15.4. The second kappa shape index (κ2) is 6.49. The van der Waals surface area contributed by atoms with Gasteiger partial charge in [-0.15, -0.1) is 0 Å². The quantitative estimate of drug-likeness (QED) is 0.889. The summed E-state index contributed by atoms with van der Waals surface area (Å²) in [6, 6.07) is 9.76. The van der Waals surface area contributed by atoms with Gasteiger partial charge in [0, 0.05) is 19.6 Å². The van der Waals surface area contributed by atoms with Gasteiger partial charge in [-0.05, 0) is 25.0 Å². The fourth-order valence-corrected chi connectivity index (χ4v) is 2.44. The number of aromatic nitrogens is 3. The standard InChI is InChI=1S/C15H19N5O/c21-15(19-8-4-5-9-19)12-16-10-13-11-17-20(18-13)14-6-2-1-3-7-14/h1-3,6-7,11,16H,4-5,8-10,12H2. The van der Waals surface area contributed by atoms with Crippen LogP contribution in [0.3, 0.4) is 0 Å². The van der Waals surface area contributed by atoms with E-state index in [2.05, 4.69) is 15.5 Å². The molecule has 1 amide bonds. The van der Waals surface area contributed by atoms with E-state index in [9.17, 15) is 4.79 Å². The van der Waals surface area contributed by atoms with Crippen molar-refractivity contribution in [1.29, 1.82) is 0 Å². The van der Waals surface area contributed by atoms with Gasteiger partial charge in [0.2, 0.25) is 5.91 Å². The van der Waals surface area contributed by atoms with Gasteiger partial charge in [-0.2, -0.15) is 15.0 Å². The minimum atomic E-state index is 0.169. The van der Waals surface area contributed by atoms with Crippen LogP contribution in [0.5, 0.6) is 0 Å². The van der Waals surface area contributed by atoms with Crippen LogP contribution in [-0.4, -0.2) is 45.4 Å². The average Bonchev–Trinajstić information content (AvgIpc) is 3.20. The molecule has 1 aliphatic heterocycles. The van der Waals surface area contributed by atoms with Crippen LogP contribution < -0.4 is 5.32 Å². The van der Waals surface area contributed by atoms with Gasteiger partial charge in [0.1, 0.15) is 0 Å². The molecule has 1 aromatic heterocycles. The van der Waals surface area contributed by atoms with E-state index >= 15 is 0 Å². The van der Waals surface area contributed by atoms with Crippen LogP contribution in [-0.2, 0) is 11.3 Å². The van der Waals surface area contributed by atoms with Gasteiger partial charge in [0.15, 0.2) is 0 Å². The summed E-state index contributed by atoms with van der Waals surface area (Å²) in [5.41, 5.74) is 1.75. The number of likely N-dealkylation sites (tertiary alicyclic amines) is 1. The third kappa shape index (κ3) is 3.46. The molecule has 3 rings (SSSR count). The van der Waals surface area contributed by atoms with Crippen LogP contribution in [0, 0.1) is 0 Å². The predicted octanol–water partition coefficient (Wildman–Crippen LogP) is 0.979. The molecule has 1 N–H and O–H groups in total. The second-order valence-electron chi connectivity index (χ2n) is 5.15. The van der Waals surface area contributed by atoms with Crippen molar-refractivity contribution < 1.29 is 4.79 Å². The first-order chi connectivity index (χ1) is 10.3. The highest BCUT2D eigenvalue weighted by Gasteiger charge is 2.17. The molecule has 6 nitrogen and oxygen atoms in total. The molecule has 1 aliphatic rings. The van der Waals surface area contributed by atoms with E-state index < -0.39 is 0 Å². The van der Waals surface area contributed by atoms with Crippen molar-refractivity contribution in [2.75, 3.05) is 19.6 Å². The van der Waals surface area contributed by atoms with E-state index in [4.69, 9.17) is 0 Å². The lowest BCUT2D eigenvalue weighted by Gasteiger charge is -2.14. The van der Waals surface area contributed by atoms with E-state index in [1.54, 1.807) is 11.0 Å². The highest BCUT2D eigenvalue weighted by atomic mass is 16.2. The van der Waals surface area contributed by atoms with E-state index in [-0.39, 0.29) is 5.91 Å². The highest BCUT2D eigenvalue weighted by Crippen LogP contribution is 2.07. The Kier molecular flexibility index (Phi) is 4.25. The molecule has 1 aromatic carbocycles. The summed E-state index contributed by atoms with van der Waals surface area (Å²) in [5.74, 6) is 0.169. The van der Waals surface area contributed by atoms with Crippen LogP contribution in [0.2, 0.25) is 0 Å². The highest BCUT2D eigenvalue weighted by molar-refractivity contribution is 5.78. The maximum Gasteiger partial charge on any atom is 0.236 e. The van der Waals surface area contributed by atoms with Crippen molar-refractivity contribution in [1.82, 2.24) is 25.2 Å². The summed E-state index contributed by atoms with van der Waals surface area (Å²) in [6.45, 7) is 2.69. The number of hydrogen-bond donors (Lipinski definition) is 1. The number of nitrogens with zero attached hydrogens (tertiary/aromatic N) is 4. The lowest BCUT2D eigenvalue weighted by atomic mass is 10.3. The summed E-state index contributed by atoms with van der Waals surface area (Å²) in [6.07, 6.45) is 3.97. The van der Waals surface area contributed by atoms with Gasteiger partial charge in [0.25, 0.3) is 0 Å². The zero-order valence-electron chi connectivity index (χ0n) is 11.9. The van der Waals surface area contributed by atoms with E-state index in [1.807, 2.05) is 35.2 Å². The molecule has 0 atom stereocenters. The number of rotatable bonds is 5. The van der Waals surface area contributed by atoms with E-state index in [1.165, 1.54) is 0 Å². The number of carbonyl (C=O) groups is 1. The van der Waals surface area contributed by atoms with Crippen LogP contribution in [0.4, 0.5) is 0 Å². The third-order valence-electron chi connectivity index (χ3n) is 3.57. The maximum atomic E-state index is 11.9. The monoisotopic (exact) mass is 285 g/mol. The molecular weight excluding hydrogens is 266 g/mol. The van der Waals surface area contributed by atoms with Crippen LogP contribution >= 0.6 is 0 Å². The fourth-order valence-electron chi connectivity index (χ4n) is 2.44. The molecule has 0 bridgehead atoms. The first kappa shape index (κ1) is 13.8. The first-order valence-corrected chi connectivity index (χ1v) is 7.28. The molecule has 2 heterocycles. The van der Waals surface area contributed by atoms with Crippen molar-refractivity contribution in [2.24, 2.45) is 0 Å². The molecular formula is C15H19N5O. The smallest absolute Gasteiger partial charge is 0.236 e. The number of carbonyl (C=O) groups excluding carboxylic acids is 1. The average molecular weight is 285 g/mol. The molecule has 1 saturated heterocycles. The van der Waals surface area contributed by atoms with Gasteiger partial charge in [0.05, 0.1) is 24.1 Å². The summed E-state index contributed by atoms with van der Waals surface area (Å²) >= 11 is 0. The van der Waals surface area contributed by atoms with E-state index in [0.717, 1.165) is 37.3 Å². The Morgan fingerprint density at radius 3 is 2.71 bits per heavy atom. The summed E-state index contributed by atoms with van der Waals surface area (Å²) in [7, 11) is 0. The largest absolute Gasteiger partial charge is 0.342 e. The summed E-state index contributed by atoms with van der Waals surface area (Å²) in [5, 5.41) is 11.8. The minimum absolute atomic E-state index is 0.169. The number of para-hydroxylation sites is 1. The Morgan fingerprint density at radius 2 is 1.95 bits per heavy atom. The van der Waals surface area contributed by atoms with Crippen molar-refractivity contribution >= 4 is 5.91 Å². The molecule has 21 heavy (non-hydrogen) atoms. The topological polar surface area (TPSA) is 63.1 Å². The van der Waals surface area contributed by atoms with Gasteiger partial charge >= 0.3 is 0 Å². The second-order valence-corrected chi connectivity index (χ2v) is 5.15. The normalized spacial score (nSPS) is 14.6. The van der Waals surface area contributed by atoms with E-state index in [0.29, 0.717) is 13.1 Å². The molecule has 0 aliphatic carbocycles. The number of amides is 1. The van der Waals surface area contributed by atoms with Gasteiger partial charge < -0.3 is 10.2 Å². The Bertz CT molecular complexity index is 589. The Hall–Kier alpha value is -2.21. The fraction of sp³-hybridized carbons (Fsp3) is 0.400. The lowest BCUT2D eigenvalue weighted by molar-refractivity contribution is -0.129. The Balaban J connectivity index is 1.50. The lowest BCUT2D eigenvalue weighted by Crippen LogP contribution is -2.36. The van der Waals surface area contributed by atoms with Crippen molar-refractivity contribution in [3.8, 4) is 5.69 Å². The zero-order chi connectivity index (χ0) is 14.5. The minimum Gasteiger partial charge on any atom is -0.342 e. The SMILES string of the molecule is O=C(CNCc1cnn(-c2ccccc2)n1)N1CCCC1. The van der Waals surface area contributed by atoms with Gasteiger partial charge in [-0.1, -0.05) is 18.2 Å². The van der Waals surface area contributed by atoms with Crippen LogP contribution in [0.25, 0.3) is 5.69 Å². The zero-order valence-corrected chi connectivity index (χ0v) is 11.9. The van der Waals surface area contributed by atoms with Gasteiger partial charge in [-0.3, -0.25) is 4.79 Å². The number of hydrogen-bond acceptors (Lipinski definition) is 4. The molecule has 0 radical (unpaired) electrons. The van der Waals surface area contributed by atoms with Crippen LogP contribution in [0.15, 0.2) is 36.5 Å².